The molecule has 3 rings (SSSR count). The van der Waals surface area contributed by atoms with Gasteiger partial charge in [0.2, 0.25) is 0 Å². The number of hydrogen-bond donors (Lipinski definition) is 2. The third kappa shape index (κ3) is 3.17. The number of carboxylic acid groups (broad SMARTS) is 1. The summed E-state index contributed by atoms with van der Waals surface area (Å²) < 4.78 is 0. The number of carbonyl (C=O) groups is 1. The summed E-state index contributed by atoms with van der Waals surface area (Å²) >= 11 is 0. The van der Waals surface area contributed by atoms with Crippen molar-refractivity contribution in [3.63, 3.8) is 0 Å². The fourth-order valence-corrected chi connectivity index (χ4v) is 2.48. The second-order valence-corrected chi connectivity index (χ2v) is 5.52. The number of nitrogens with one attached hydrogen (secondary N) is 1. The van der Waals surface area contributed by atoms with Crippen LogP contribution >= 0.6 is 0 Å². The maximum Gasteiger partial charge on any atom is 0.441 e. The molecule has 1 heterocycles. The van der Waals surface area contributed by atoms with E-state index in [2.05, 4.69) is 16.9 Å². The molecule has 0 aliphatic carbocycles. The smallest absolute Gasteiger partial charge is 0.441 e. The molecule has 1 unspecified atom stereocenters. The number of hydrogen-bond acceptors (Lipinski definition) is 3. The first-order chi connectivity index (χ1) is 11.6. The summed E-state index contributed by atoms with van der Waals surface area (Å²) in [5, 5.41) is 10.4. The van der Waals surface area contributed by atoms with E-state index in [9.17, 15) is 9.90 Å². The zero-order chi connectivity index (χ0) is 17.1. The minimum atomic E-state index is -1.18. The van der Waals surface area contributed by atoms with Gasteiger partial charge in [-0.25, -0.2) is 9.78 Å². The van der Waals surface area contributed by atoms with Gasteiger partial charge < -0.3 is 14.9 Å². The van der Waals surface area contributed by atoms with Gasteiger partial charge in [0.25, 0.3) is 0 Å². The van der Waals surface area contributed by atoms with Gasteiger partial charge in [0, 0.05) is 0 Å². The van der Waals surface area contributed by atoms with Crippen molar-refractivity contribution >= 4 is 17.1 Å². The van der Waals surface area contributed by atoms with Gasteiger partial charge in [0.15, 0.2) is 5.75 Å². The van der Waals surface area contributed by atoms with Gasteiger partial charge in [-0.2, -0.15) is 0 Å². The van der Waals surface area contributed by atoms with E-state index in [4.69, 9.17) is 4.84 Å². The SMILES string of the molecule is CCc1ccc2nc(C(C)N(Oc3ccccc3)C(=O)O)[nH]c2c1. The molecular weight excluding hydrogens is 306 g/mol. The van der Waals surface area contributed by atoms with Crippen LogP contribution in [0.4, 0.5) is 4.79 Å². The number of imidazole rings is 1. The molecule has 1 aromatic heterocycles. The quantitative estimate of drug-likeness (QED) is 0.690. The van der Waals surface area contributed by atoms with Gasteiger partial charge >= 0.3 is 6.09 Å². The standard InChI is InChI=1S/C18H19N3O3/c1-3-13-9-10-15-16(11-13)20-17(19-15)12(2)21(18(22)23)24-14-7-5-4-6-8-14/h4-12H,3H2,1-2H3,(H,19,20)(H,22,23). The van der Waals surface area contributed by atoms with Crippen LogP contribution in [-0.2, 0) is 6.42 Å². The highest BCUT2D eigenvalue weighted by Crippen LogP contribution is 2.24. The Kier molecular flexibility index (Phi) is 4.37. The molecule has 6 nitrogen and oxygen atoms in total. The molecule has 0 aliphatic heterocycles. The molecule has 0 saturated heterocycles. The van der Waals surface area contributed by atoms with Crippen molar-refractivity contribution in [2.75, 3.05) is 0 Å². The van der Waals surface area contributed by atoms with Crippen molar-refractivity contribution in [1.29, 1.82) is 0 Å². The van der Waals surface area contributed by atoms with Crippen molar-refractivity contribution in [2.45, 2.75) is 26.3 Å². The van der Waals surface area contributed by atoms with Gasteiger partial charge in [0.1, 0.15) is 11.9 Å². The molecule has 124 valence electrons. The average Bonchev–Trinajstić information content (AvgIpc) is 3.02. The molecule has 6 heteroatoms. The second kappa shape index (κ2) is 6.62. The highest BCUT2D eigenvalue weighted by Gasteiger charge is 2.26. The second-order valence-electron chi connectivity index (χ2n) is 5.52. The number of amides is 1. The van der Waals surface area contributed by atoms with Crippen LogP contribution in [0.2, 0.25) is 0 Å². The fourth-order valence-electron chi connectivity index (χ4n) is 2.48. The molecule has 3 aromatic rings. The van der Waals surface area contributed by atoms with Crippen molar-refractivity contribution in [3.05, 3.63) is 59.9 Å². The number of hydroxylamine groups is 2. The number of aryl methyl sites for hydroxylation is 1. The summed E-state index contributed by atoms with van der Waals surface area (Å²) in [7, 11) is 0. The number of aromatic nitrogens is 2. The predicted octanol–water partition coefficient (Wildman–Crippen LogP) is 4.16. The average molecular weight is 325 g/mol. The number of nitrogens with zero attached hydrogens (tertiary/aromatic N) is 2. The minimum Gasteiger partial charge on any atom is -0.463 e. The topological polar surface area (TPSA) is 78.5 Å². The molecule has 2 N–H and O–H groups in total. The third-order valence-corrected chi connectivity index (χ3v) is 3.86. The Morgan fingerprint density at radius 2 is 2.04 bits per heavy atom. The molecule has 24 heavy (non-hydrogen) atoms. The molecule has 0 bridgehead atoms. The Morgan fingerprint density at radius 1 is 1.29 bits per heavy atom. The predicted molar refractivity (Wildman–Crippen MR) is 90.8 cm³/mol. The van der Waals surface area contributed by atoms with E-state index in [0.29, 0.717) is 11.6 Å². The summed E-state index contributed by atoms with van der Waals surface area (Å²) in [6, 6.07) is 14.2. The van der Waals surface area contributed by atoms with Crippen LogP contribution in [0.3, 0.4) is 0 Å². The minimum absolute atomic E-state index is 0.455. The number of H-pyrrole nitrogens is 1. The molecule has 0 radical (unpaired) electrons. The monoisotopic (exact) mass is 325 g/mol. The van der Waals surface area contributed by atoms with Gasteiger partial charge in [-0.05, 0) is 43.2 Å². The van der Waals surface area contributed by atoms with Crippen molar-refractivity contribution in [2.24, 2.45) is 0 Å². The summed E-state index contributed by atoms with van der Waals surface area (Å²) in [5.74, 6) is 0.993. The van der Waals surface area contributed by atoms with Gasteiger partial charge in [-0.3, -0.25) is 0 Å². The van der Waals surface area contributed by atoms with Gasteiger partial charge in [-0.15, -0.1) is 5.06 Å². The molecular formula is C18H19N3O3. The molecule has 0 saturated carbocycles. The fraction of sp³-hybridized carbons (Fsp3) is 0.222. The summed E-state index contributed by atoms with van der Waals surface area (Å²) in [4.78, 5) is 24.8. The van der Waals surface area contributed by atoms with E-state index in [1.807, 2.05) is 24.3 Å². The van der Waals surface area contributed by atoms with Crippen LogP contribution in [0.15, 0.2) is 48.5 Å². The van der Waals surface area contributed by atoms with Crippen LogP contribution in [0.5, 0.6) is 5.75 Å². The van der Waals surface area contributed by atoms with E-state index in [0.717, 1.165) is 22.5 Å². The highest BCUT2D eigenvalue weighted by atomic mass is 16.7. The maximum atomic E-state index is 11.6. The number of rotatable bonds is 5. The van der Waals surface area contributed by atoms with Crippen LogP contribution in [-0.4, -0.2) is 26.2 Å². The maximum absolute atomic E-state index is 11.6. The summed E-state index contributed by atoms with van der Waals surface area (Å²) in [6.45, 7) is 3.82. The van der Waals surface area contributed by atoms with Gasteiger partial charge in [-0.1, -0.05) is 31.2 Å². The Morgan fingerprint density at radius 3 is 2.71 bits per heavy atom. The van der Waals surface area contributed by atoms with Crippen LogP contribution in [0.1, 0.15) is 31.3 Å². The molecule has 1 amide bonds. The Labute approximate surface area is 139 Å². The van der Waals surface area contributed by atoms with Crippen LogP contribution in [0.25, 0.3) is 11.0 Å². The zero-order valence-corrected chi connectivity index (χ0v) is 13.6. The molecule has 0 fully saturated rings. The molecule has 0 spiro atoms. The van der Waals surface area contributed by atoms with E-state index >= 15 is 0 Å². The first kappa shape index (κ1) is 15.9. The highest BCUT2D eigenvalue weighted by molar-refractivity contribution is 5.76. The molecule has 0 aliphatic rings. The van der Waals surface area contributed by atoms with E-state index < -0.39 is 12.1 Å². The normalized spacial score (nSPS) is 12.1. The zero-order valence-electron chi connectivity index (χ0n) is 13.6. The lowest BCUT2D eigenvalue weighted by Crippen LogP contribution is -2.35. The lowest BCUT2D eigenvalue weighted by molar-refractivity contribution is -0.0670. The Hall–Kier alpha value is -3.02. The Bertz CT molecular complexity index is 845. The lowest BCUT2D eigenvalue weighted by atomic mass is 10.1. The number of para-hydroxylation sites is 1. The van der Waals surface area contributed by atoms with Gasteiger partial charge in [0.05, 0.1) is 11.0 Å². The van der Waals surface area contributed by atoms with Crippen molar-refractivity contribution < 1.29 is 14.7 Å². The summed E-state index contributed by atoms with van der Waals surface area (Å²) in [5.41, 5.74) is 2.89. The first-order valence-corrected chi connectivity index (χ1v) is 7.82. The Balaban J connectivity index is 1.89. The van der Waals surface area contributed by atoms with E-state index in [1.165, 1.54) is 5.56 Å². The van der Waals surface area contributed by atoms with E-state index in [1.54, 1.807) is 31.2 Å². The number of aromatic amines is 1. The molecule has 2 aromatic carbocycles. The van der Waals surface area contributed by atoms with E-state index in [-0.39, 0.29) is 0 Å². The van der Waals surface area contributed by atoms with Crippen molar-refractivity contribution in [1.82, 2.24) is 15.0 Å². The van der Waals surface area contributed by atoms with Crippen LogP contribution in [0, 0.1) is 0 Å². The number of fused-ring (bicyclic) bond motifs is 1. The number of benzene rings is 2. The van der Waals surface area contributed by atoms with Crippen molar-refractivity contribution in [3.8, 4) is 5.75 Å². The van der Waals surface area contributed by atoms with Crippen LogP contribution < -0.4 is 4.84 Å². The molecule has 1 atom stereocenters. The first-order valence-electron chi connectivity index (χ1n) is 7.82. The third-order valence-electron chi connectivity index (χ3n) is 3.86. The summed E-state index contributed by atoms with van der Waals surface area (Å²) in [6.07, 6.45) is -0.251. The largest absolute Gasteiger partial charge is 0.463 e. The lowest BCUT2D eigenvalue weighted by Gasteiger charge is -2.24.